The van der Waals surface area contributed by atoms with Gasteiger partial charge in [0.1, 0.15) is 17.5 Å². The molecular weight excluding hydrogens is 415 g/mol. The standard InChI is InChI=1S/C26H25FN6/c27-21-4-3-5-22(16-21)30-25-17-23(20-9-13-29-14-10-20)31-26(32-25)24-6-1-2-15-33(24)18-19-7-11-28-12-8-19/h3-5,7-14,16-17,24H,1-2,6,15,18H2,(H,30,31,32)/t24-/m1/s1. The summed E-state index contributed by atoms with van der Waals surface area (Å²) in [6, 6.07) is 16.4. The van der Waals surface area contributed by atoms with E-state index in [0.29, 0.717) is 11.5 Å². The molecule has 4 heterocycles. The summed E-state index contributed by atoms with van der Waals surface area (Å²) in [6.07, 6.45) is 10.4. The Kier molecular flexibility index (Phi) is 6.30. The maximum Gasteiger partial charge on any atom is 0.148 e. The molecule has 1 atom stereocenters. The van der Waals surface area contributed by atoms with Crippen LogP contribution in [0.15, 0.2) is 79.4 Å². The van der Waals surface area contributed by atoms with Gasteiger partial charge >= 0.3 is 0 Å². The lowest BCUT2D eigenvalue weighted by molar-refractivity contribution is 0.134. The monoisotopic (exact) mass is 440 g/mol. The summed E-state index contributed by atoms with van der Waals surface area (Å²) in [5, 5.41) is 3.27. The van der Waals surface area contributed by atoms with Gasteiger partial charge in [-0.15, -0.1) is 0 Å². The van der Waals surface area contributed by atoms with E-state index in [-0.39, 0.29) is 11.9 Å². The number of pyridine rings is 2. The van der Waals surface area contributed by atoms with Crippen molar-refractivity contribution in [1.82, 2.24) is 24.8 Å². The molecule has 1 aromatic carbocycles. The Morgan fingerprint density at radius 1 is 0.909 bits per heavy atom. The molecule has 0 amide bonds. The van der Waals surface area contributed by atoms with Gasteiger partial charge in [-0.3, -0.25) is 14.9 Å². The molecule has 1 N–H and O–H groups in total. The second-order valence-electron chi connectivity index (χ2n) is 8.21. The number of benzene rings is 1. The first-order valence-corrected chi connectivity index (χ1v) is 11.2. The molecule has 0 unspecified atom stereocenters. The van der Waals surface area contributed by atoms with E-state index in [1.165, 1.54) is 17.7 Å². The summed E-state index contributed by atoms with van der Waals surface area (Å²) in [5.41, 5.74) is 3.65. The van der Waals surface area contributed by atoms with Crippen LogP contribution in [0.2, 0.25) is 0 Å². The minimum Gasteiger partial charge on any atom is -0.340 e. The summed E-state index contributed by atoms with van der Waals surface area (Å²) >= 11 is 0. The van der Waals surface area contributed by atoms with Crippen LogP contribution in [-0.4, -0.2) is 31.4 Å². The molecule has 33 heavy (non-hydrogen) atoms. The highest BCUT2D eigenvalue weighted by molar-refractivity contribution is 5.65. The lowest BCUT2D eigenvalue weighted by Gasteiger charge is -2.35. The van der Waals surface area contributed by atoms with Gasteiger partial charge in [-0.2, -0.15) is 0 Å². The molecule has 6 nitrogen and oxygen atoms in total. The van der Waals surface area contributed by atoms with E-state index in [2.05, 4.69) is 32.3 Å². The van der Waals surface area contributed by atoms with Gasteiger partial charge < -0.3 is 5.32 Å². The van der Waals surface area contributed by atoms with Crippen LogP contribution < -0.4 is 5.32 Å². The molecule has 0 radical (unpaired) electrons. The zero-order chi connectivity index (χ0) is 22.5. The van der Waals surface area contributed by atoms with Crippen LogP contribution in [0.5, 0.6) is 0 Å². The van der Waals surface area contributed by atoms with E-state index in [0.717, 1.165) is 49.4 Å². The summed E-state index contributed by atoms with van der Waals surface area (Å²) in [5.74, 6) is 1.13. The molecule has 0 bridgehead atoms. The predicted molar refractivity (Wildman–Crippen MR) is 126 cm³/mol. The third kappa shape index (κ3) is 5.21. The first-order valence-electron chi connectivity index (χ1n) is 11.2. The quantitative estimate of drug-likeness (QED) is 0.424. The molecule has 7 heteroatoms. The van der Waals surface area contributed by atoms with Crippen molar-refractivity contribution in [2.75, 3.05) is 11.9 Å². The van der Waals surface area contributed by atoms with Gasteiger partial charge in [0.2, 0.25) is 0 Å². The Hall–Kier alpha value is -3.71. The van der Waals surface area contributed by atoms with Crippen LogP contribution in [0, 0.1) is 5.82 Å². The van der Waals surface area contributed by atoms with Crippen LogP contribution in [0.1, 0.15) is 36.7 Å². The third-order valence-electron chi connectivity index (χ3n) is 5.86. The average molecular weight is 441 g/mol. The third-order valence-corrected chi connectivity index (χ3v) is 5.86. The van der Waals surface area contributed by atoms with E-state index in [4.69, 9.17) is 9.97 Å². The summed E-state index contributed by atoms with van der Waals surface area (Å²) in [7, 11) is 0. The number of likely N-dealkylation sites (tertiary alicyclic amines) is 1. The predicted octanol–water partition coefficient (Wildman–Crippen LogP) is 5.54. The number of rotatable bonds is 6. The SMILES string of the molecule is Fc1cccc(Nc2cc(-c3ccncc3)nc([C@H]3CCCCN3Cc3ccncc3)n2)c1. The van der Waals surface area contributed by atoms with Gasteiger partial charge in [0.25, 0.3) is 0 Å². The Morgan fingerprint density at radius 3 is 2.48 bits per heavy atom. The molecule has 166 valence electrons. The second-order valence-corrected chi connectivity index (χ2v) is 8.21. The minimum absolute atomic E-state index is 0.0989. The summed E-state index contributed by atoms with van der Waals surface area (Å²) in [6.45, 7) is 1.81. The molecule has 1 fully saturated rings. The Balaban J connectivity index is 1.51. The zero-order valence-electron chi connectivity index (χ0n) is 18.2. The fourth-order valence-corrected chi connectivity index (χ4v) is 4.26. The van der Waals surface area contributed by atoms with Crippen LogP contribution >= 0.6 is 0 Å². The molecule has 3 aromatic heterocycles. The minimum atomic E-state index is -0.292. The number of piperidine rings is 1. The van der Waals surface area contributed by atoms with Crippen molar-refractivity contribution in [1.29, 1.82) is 0 Å². The lowest BCUT2D eigenvalue weighted by Crippen LogP contribution is -2.34. The maximum absolute atomic E-state index is 13.8. The van der Waals surface area contributed by atoms with Crippen LogP contribution in [0.3, 0.4) is 0 Å². The first-order chi connectivity index (χ1) is 16.2. The fraction of sp³-hybridized carbons (Fsp3) is 0.231. The molecule has 0 saturated carbocycles. The molecule has 0 spiro atoms. The van der Waals surface area contributed by atoms with E-state index in [1.807, 2.05) is 36.7 Å². The zero-order valence-corrected chi connectivity index (χ0v) is 18.2. The number of nitrogens with one attached hydrogen (secondary N) is 1. The average Bonchev–Trinajstić information content (AvgIpc) is 2.85. The van der Waals surface area contributed by atoms with Gasteiger partial charge in [0.05, 0.1) is 11.7 Å². The highest BCUT2D eigenvalue weighted by atomic mass is 19.1. The van der Waals surface area contributed by atoms with Crippen molar-refractivity contribution in [3.8, 4) is 11.3 Å². The van der Waals surface area contributed by atoms with E-state index < -0.39 is 0 Å². The number of aromatic nitrogens is 4. The van der Waals surface area contributed by atoms with E-state index in [1.54, 1.807) is 18.5 Å². The molecule has 0 aliphatic carbocycles. The van der Waals surface area contributed by atoms with Crippen molar-refractivity contribution < 1.29 is 4.39 Å². The van der Waals surface area contributed by atoms with Gasteiger partial charge in [-0.25, -0.2) is 14.4 Å². The van der Waals surface area contributed by atoms with Crippen molar-refractivity contribution in [2.24, 2.45) is 0 Å². The Bertz CT molecular complexity index is 1200. The van der Waals surface area contributed by atoms with Gasteiger partial charge in [-0.05, 0) is 67.4 Å². The summed E-state index contributed by atoms with van der Waals surface area (Å²) < 4.78 is 13.8. The van der Waals surface area contributed by atoms with E-state index >= 15 is 0 Å². The van der Waals surface area contributed by atoms with Crippen molar-refractivity contribution in [3.05, 3.63) is 96.6 Å². The number of anilines is 2. The fourth-order valence-electron chi connectivity index (χ4n) is 4.26. The van der Waals surface area contributed by atoms with Crippen LogP contribution in [-0.2, 0) is 6.54 Å². The largest absolute Gasteiger partial charge is 0.340 e. The normalized spacial score (nSPS) is 16.5. The highest BCUT2D eigenvalue weighted by Crippen LogP contribution is 2.33. The number of halogens is 1. The number of nitrogens with zero attached hydrogens (tertiary/aromatic N) is 5. The lowest BCUT2D eigenvalue weighted by atomic mass is 10.00. The van der Waals surface area contributed by atoms with Crippen LogP contribution in [0.4, 0.5) is 15.9 Å². The molecular formula is C26H25FN6. The topological polar surface area (TPSA) is 66.8 Å². The molecule has 5 rings (SSSR count). The molecule has 1 aliphatic heterocycles. The molecule has 4 aromatic rings. The Labute approximate surface area is 192 Å². The van der Waals surface area contributed by atoms with Gasteiger partial charge in [0, 0.05) is 48.6 Å². The van der Waals surface area contributed by atoms with Crippen LogP contribution in [0.25, 0.3) is 11.3 Å². The van der Waals surface area contributed by atoms with Crippen molar-refractivity contribution >= 4 is 11.5 Å². The first kappa shape index (κ1) is 21.2. The van der Waals surface area contributed by atoms with Crippen molar-refractivity contribution in [2.45, 2.75) is 31.8 Å². The second kappa shape index (κ2) is 9.83. The molecule has 1 aliphatic rings. The summed E-state index contributed by atoms with van der Waals surface area (Å²) in [4.78, 5) is 20.6. The van der Waals surface area contributed by atoms with Crippen molar-refractivity contribution in [3.63, 3.8) is 0 Å². The van der Waals surface area contributed by atoms with Gasteiger partial charge in [0.15, 0.2) is 0 Å². The number of hydrogen-bond acceptors (Lipinski definition) is 6. The molecule has 1 saturated heterocycles. The van der Waals surface area contributed by atoms with Gasteiger partial charge in [-0.1, -0.05) is 12.5 Å². The highest BCUT2D eigenvalue weighted by Gasteiger charge is 2.27. The number of hydrogen-bond donors (Lipinski definition) is 1. The smallest absolute Gasteiger partial charge is 0.148 e. The van der Waals surface area contributed by atoms with E-state index in [9.17, 15) is 4.39 Å². The maximum atomic E-state index is 13.8. The Morgan fingerprint density at radius 2 is 1.70 bits per heavy atom.